The van der Waals surface area contributed by atoms with E-state index in [0.29, 0.717) is 17.1 Å². The summed E-state index contributed by atoms with van der Waals surface area (Å²) >= 11 is 5.77. The number of nitro groups is 1. The van der Waals surface area contributed by atoms with Crippen LogP contribution in [0.3, 0.4) is 0 Å². The van der Waals surface area contributed by atoms with Gasteiger partial charge in [-0.2, -0.15) is 0 Å². The minimum Gasteiger partial charge on any atom is -0.312 e. The zero-order valence-corrected chi connectivity index (χ0v) is 12.2. The first-order valence-electron chi connectivity index (χ1n) is 6.64. The van der Waals surface area contributed by atoms with Crippen molar-refractivity contribution in [1.29, 1.82) is 0 Å². The number of halogens is 1. The van der Waals surface area contributed by atoms with Crippen LogP contribution in [0.4, 0.5) is 5.69 Å². The Labute approximate surface area is 119 Å². The van der Waals surface area contributed by atoms with Crippen molar-refractivity contribution in [2.24, 2.45) is 5.92 Å². The van der Waals surface area contributed by atoms with E-state index in [0.717, 1.165) is 18.9 Å². The topological polar surface area (TPSA) is 55.2 Å². The summed E-state index contributed by atoms with van der Waals surface area (Å²) in [4.78, 5) is 10.5. The number of hydrogen-bond acceptors (Lipinski definition) is 3. The van der Waals surface area contributed by atoms with Crippen molar-refractivity contribution in [3.8, 4) is 0 Å². The number of unbranched alkanes of at least 4 members (excludes halogenated alkanes) is 1. The van der Waals surface area contributed by atoms with Crippen molar-refractivity contribution < 1.29 is 4.92 Å². The highest BCUT2D eigenvalue weighted by molar-refractivity contribution is 6.30. The highest BCUT2D eigenvalue weighted by Gasteiger charge is 2.13. The van der Waals surface area contributed by atoms with Crippen LogP contribution in [-0.4, -0.2) is 11.5 Å². The molecule has 19 heavy (non-hydrogen) atoms. The van der Waals surface area contributed by atoms with E-state index in [9.17, 15) is 10.1 Å². The normalized spacial score (nSPS) is 10.9. The maximum Gasteiger partial charge on any atom is 0.275 e. The fourth-order valence-electron chi connectivity index (χ4n) is 1.88. The second kappa shape index (κ2) is 8.12. The Balaban J connectivity index is 2.39. The Bertz CT molecular complexity index is 422. The predicted octanol–water partition coefficient (Wildman–Crippen LogP) is 4.16. The Hall–Kier alpha value is -1.13. The van der Waals surface area contributed by atoms with Crippen molar-refractivity contribution in [2.45, 2.75) is 39.7 Å². The summed E-state index contributed by atoms with van der Waals surface area (Å²) < 4.78 is 0. The van der Waals surface area contributed by atoms with Gasteiger partial charge in [-0.1, -0.05) is 38.3 Å². The van der Waals surface area contributed by atoms with Gasteiger partial charge in [0.2, 0.25) is 0 Å². The summed E-state index contributed by atoms with van der Waals surface area (Å²) in [6.45, 7) is 5.82. The molecule has 1 rings (SSSR count). The van der Waals surface area contributed by atoms with Crippen LogP contribution < -0.4 is 5.32 Å². The molecule has 0 saturated carbocycles. The Morgan fingerprint density at radius 3 is 2.74 bits per heavy atom. The average molecular weight is 285 g/mol. The molecule has 0 radical (unpaired) electrons. The first-order chi connectivity index (χ1) is 9.00. The molecule has 1 aromatic rings. The number of nitrogens with one attached hydrogen (secondary N) is 1. The molecule has 0 heterocycles. The summed E-state index contributed by atoms with van der Waals surface area (Å²) in [6, 6.07) is 4.79. The summed E-state index contributed by atoms with van der Waals surface area (Å²) in [5.41, 5.74) is 0.764. The van der Waals surface area contributed by atoms with Crippen molar-refractivity contribution in [3.05, 3.63) is 38.9 Å². The second-order valence-corrected chi connectivity index (χ2v) is 5.53. The van der Waals surface area contributed by atoms with Gasteiger partial charge in [-0.15, -0.1) is 0 Å². The molecule has 106 valence electrons. The van der Waals surface area contributed by atoms with E-state index in [1.54, 1.807) is 12.1 Å². The third-order valence-electron chi connectivity index (χ3n) is 2.94. The molecule has 0 bridgehead atoms. The number of benzene rings is 1. The van der Waals surface area contributed by atoms with E-state index in [1.165, 1.54) is 18.9 Å². The fourth-order valence-corrected chi connectivity index (χ4v) is 2.05. The zero-order chi connectivity index (χ0) is 14.3. The van der Waals surface area contributed by atoms with Crippen molar-refractivity contribution >= 4 is 17.3 Å². The lowest BCUT2D eigenvalue weighted by Crippen LogP contribution is -2.15. The van der Waals surface area contributed by atoms with Crippen LogP contribution in [0.15, 0.2) is 18.2 Å². The molecule has 0 amide bonds. The predicted molar refractivity (Wildman–Crippen MR) is 78.5 cm³/mol. The van der Waals surface area contributed by atoms with Gasteiger partial charge in [0.1, 0.15) is 0 Å². The van der Waals surface area contributed by atoms with Crippen molar-refractivity contribution in [3.63, 3.8) is 0 Å². The van der Waals surface area contributed by atoms with Gasteiger partial charge in [0.05, 0.1) is 4.92 Å². The van der Waals surface area contributed by atoms with E-state index in [-0.39, 0.29) is 10.6 Å². The van der Waals surface area contributed by atoms with Crippen LogP contribution in [-0.2, 0) is 6.54 Å². The summed E-state index contributed by atoms with van der Waals surface area (Å²) in [6.07, 6.45) is 3.51. The quantitative estimate of drug-likeness (QED) is 0.443. The van der Waals surface area contributed by atoms with Crippen LogP contribution in [0, 0.1) is 16.0 Å². The number of nitro benzene ring substituents is 1. The number of nitrogens with zero attached hydrogens (tertiary/aromatic N) is 1. The SMILES string of the molecule is CC(C)CCCCNCc1ccc(Cl)cc1[N+](=O)[O-]. The van der Waals surface area contributed by atoms with E-state index < -0.39 is 0 Å². The Morgan fingerprint density at radius 2 is 2.11 bits per heavy atom. The first kappa shape index (κ1) is 15.9. The van der Waals surface area contributed by atoms with Gasteiger partial charge in [-0.25, -0.2) is 0 Å². The molecule has 4 nitrogen and oxygen atoms in total. The number of hydrogen-bond donors (Lipinski definition) is 1. The lowest BCUT2D eigenvalue weighted by atomic mass is 10.1. The van der Waals surface area contributed by atoms with E-state index in [4.69, 9.17) is 11.6 Å². The van der Waals surface area contributed by atoms with Crippen LogP contribution >= 0.6 is 11.6 Å². The van der Waals surface area contributed by atoms with Crippen LogP contribution in [0.5, 0.6) is 0 Å². The molecule has 0 aromatic heterocycles. The highest BCUT2D eigenvalue weighted by atomic mass is 35.5. The molecule has 0 saturated heterocycles. The summed E-state index contributed by atoms with van der Waals surface area (Å²) in [5.74, 6) is 0.734. The third-order valence-corrected chi connectivity index (χ3v) is 3.18. The standard InChI is InChI=1S/C14H21ClN2O2/c1-11(2)5-3-4-8-16-10-12-6-7-13(15)9-14(12)17(18)19/h6-7,9,11,16H,3-5,8,10H2,1-2H3. The highest BCUT2D eigenvalue weighted by Crippen LogP contribution is 2.22. The molecular formula is C14H21ClN2O2. The van der Waals surface area contributed by atoms with Gasteiger partial charge in [-0.05, 0) is 31.0 Å². The Kier molecular flexibility index (Phi) is 6.81. The molecule has 5 heteroatoms. The molecule has 0 aliphatic heterocycles. The molecular weight excluding hydrogens is 264 g/mol. The number of rotatable bonds is 8. The summed E-state index contributed by atoms with van der Waals surface area (Å²) in [7, 11) is 0. The lowest BCUT2D eigenvalue weighted by Gasteiger charge is -2.07. The van der Waals surface area contributed by atoms with E-state index >= 15 is 0 Å². The molecule has 0 fully saturated rings. The van der Waals surface area contributed by atoms with Crippen LogP contribution in [0.2, 0.25) is 5.02 Å². The Morgan fingerprint density at radius 1 is 1.37 bits per heavy atom. The minimum absolute atomic E-state index is 0.0854. The lowest BCUT2D eigenvalue weighted by molar-refractivity contribution is -0.385. The minimum atomic E-state index is -0.387. The molecule has 0 unspecified atom stereocenters. The molecule has 0 spiro atoms. The zero-order valence-electron chi connectivity index (χ0n) is 11.5. The van der Waals surface area contributed by atoms with Crippen molar-refractivity contribution in [1.82, 2.24) is 5.32 Å². The van der Waals surface area contributed by atoms with Crippen LogP contribution in [0.1, 0.15) is 38.7 Å². The van der Waals surface area contributed by atoms with Gasteiger partial charge in [0.25, 0.3) is 5.69 Å². The average Bonchev–Trinajstić information content (AvgIpc) is 2.34. The summed E-state index contributed by atoms with van der Waals surface area (Å²) in [5, 5.41) is 14.5. The molecule has 0 aliphatic rings. The largest absolute Gasteiger partial charge is 0.312 e. The van der Waals surface area contributed by atoms with Gasteiger partial charge >= 0.3 is 0 Å². The molecule has 1 N–H and O–H groups in total. The van der Waals surface area contributed by atoms with Gasteiger partial charge in [-0.3, -0.25) is 10.1 Å². The van der Waals surface area contributed by atoms with Gasteiger partial charge in [0, 0.05) is 23.2 Å². The fraction of sp³-hybridized carbons (Fsp3) is 0.571. The monoisotopic (exact) mass is 284 g/mol. The van der Waals surface area contributed by atoms with E-state index in [2.05, 4.69) is 19.2 Å². The first-order valence-corrected chi connectivity index (χ1v) is 7.02. The molecule has 0 aliphatic carbocycles. The third kappa shape index (κ3) is 6.03. The maximum absolute atomic E-state index is 10.9. The smallest absolute Gasteiger partial charge is 0.275 e. The molecule has 0 atom stereocenters. The van der Waals surface area contributed by atoms with Crippen molar-refractivity contribution in [2.75, 3.05) is 6.54 Å². The van der Waals surface area contributed by atoms with Gasteiger partial charge < -0.3 is 5.32 Å². The maximum atomic E-state index is 10.9. The molecule has 1 aromatic carbocycles. The second-order valence-electron chi connectivity index (χ2n) is 5.10. The van der Waals surface area contributed by atoms with E-state index in [1.807, 2.05) is 0 Å². The van der Waals surface area contributed by atoms with Crippen LogP contribution in [0.25, 0.3) is 0 Å². The van der Waals surface area contributed by atoms with Gasteiger partial charge in [0.15, 0.2) is 0 Å².